The molecule has 0 saturated carbocycles. The molecule has 0 bridgehead atoms. The van der Waals surface area contributed by atoms with Gasteiger partial charge in [0.2, 0.25) is 0 Å². The average molecular weight is 300 g/mol. The lowest BCUT2D eigenvalue weighted by atomic mass is 9.96. The summed E-state index contributed by atoms with van der Waals surface area (Å²) < 4.78 is 1.74. The first-order valence-electron chi connectivity index (χ1n) is 7.51. The average Bonchev–Trinajstić information content (AvgIpc) is 2.90. The monoisotopic (exact) mass is 300 g/mol. The molecule has 1 N–H and O–H groups in total. The minimum Gasteiger partial charge on any atom is -0.331 e. The van der Waals surface area contributed by atoms with Gasteiger partial charge in [0.25, 0.3) is 0 Å². The number of carbonyl (C=O) groups is 1. The van der Waals surface area contributed by atoms with E-state index in [2.05, 4.69) is 24.3 Å². The molecule has 1 aromatic heterocycles. The number of nitrogens with one attached hydrogen (secondary N) is 1. The highest BCUT2D eigenvalue weighted by Crippen LogP contribution is 2.21. The van der Waals surface area contributed by atoms with E-state index in [0.717, 1.165) is 11.1 Å². The lowest BCUT2D eigenvalue weighted by Gasteiger charge is -2.26. The molecule has 0 saturated heterocycles. The van der Waals surface area contributed by atoms with E-state index >= 15 is 0 Å². The van der Waals surface area contributed by atoms with E-state index in [-0.39, 0.29) is 12.1 Å². The Balaban J connectivity index is 2.01. The van der Waals surface area contributed by atoms with Crippen molar-refractivity contribution in [1.29, 1.82) is 0 Å². The molecular formula is C17H24N4O. The summed E-state index contributed by atoms with van der Waals surface area (Å²) >= 11 is 0. The van der Waals surface area contributed by atoms with Crippen molar-refractivity contribution in [1.82, 2.24) is 20.0 Å². The minimum atomic E-state index is -0.0774. The zero-order valence-electron chi connectivity index (χ0n) is 13.7. The Morgan fingerprint density at radius 2 is 2.00 bits per heavy atom. The standard InChI is InChI=1S/C17H24N4O/c1-13(2)16(15-8-6-5-7-9-15)19-17(22)20(3)11-14-10-18-21(4)12-14/h5-10,12-13,16H,11H2,1-4H3,(H,19,22)/t16-/m0/s1. The third-order valence-corrected chi connectivity index (χ3v) is 3.63. The third-order valence-electron chi connectivity index (χ3n) is 3.63. The van der Waals surface area contributed by atoms with Crippen molar-refractivity contribution < 1.29 is 4.79 Å². The normalized spacial score (nSPS) is 12.2. The molecule has 118 valence electrons. The smallest absolute Gasteiger partial charge is 0.317 e. The number of aromatic nitrogens is 2. The number of carbonyl (C=O) groups excluding carboxylic acids is 1. The largest absolute Gasteiger partial charge is 0.331 e. The van der Waals surface area contributed by atoms with Gasteiger partial charge in [-0.15, -0.1) is 0 Å². The molecular weight excluding hydrogens is 276 g/mol. The van der Waals surface area contributed by atoms with Crippen LogP contribution in [0.3, 0.4) is 0 Å². The first-order valence-corrected chi connectivity index (χ1v) is 7.51. The predicted molar refractivity (Wildman–Crippen MR) is 87.2 cm³/mol. The van der Waals surface area contributed by atoms with Gasteiger partial charge in [0.1, 0.15) is 0 Å². The van der Waals surface area contributed by atoms with Crippen LogP contribution in [0.1, 0.15) is 31.0 Å². The number of aryl methyl sites for hydroxylation is 1. The van der Waals surface area contributed by atoms with Crippen molar-refractivity contribution >= 4 is 6.03 Å². The van der Waals surface area contributed by atoms with Gasteiger partial charge in [-0.05, 0) is 11.5 Å². The zero-order chi connectivity index (χ0) is 16.1. The predicted octanol–water partition coefficient (Wildman–Crippen LogP) is 2.96. The Kier molecular flexibility index (Phi) is 5.20. The lowest BCUT2D eigenvalue weighted by Crippen LogP contribution is -2.40. The molecule has 0 unspecified atom stereocenters. The fourth-order valence-corrected chi connectivity index (χ4v) is 2.44. The van der Waals surface area contributed by atoms with Gasteiger partial charge in [0, 0.05) is 25.9 Å². The van der Waals surface area contributed by atoms with Crippen molar-refractivity contribution in [3.05, 3.63) is 53.9 Å². The van der Waals surface area contributed by atoms with E-state index in [1.165, 1.54) is 0 Å². The Labute approximate surface area is 131 Å². The summed E-state index contributed by atoms with van der Waals surface area (Å²) in [4.78, 5) is 14.1. The van der Waals surface area contributed by atoms with Crippen LogP contribution in [0.4, 0.5) is 4.79 Å². The van der Waals surface area contributed by atoms with Crippen LogP contribution in [0.25, 0.3) is 0 Å². The van der Waals surface area contributed by atoms with Crippen LogP contribution in [0.15, 0.2) is 42.7 Å². The van der Waals surface area contributed by atoms with Gasteiger partial charge in [-0.3, -0.25) is 4.68 Å². The Hall–Kier alpha value is -2.30. The Bertz CT molecular complexity index is 606. The van der Waals surface area contributed by atoms with Crippen LogP contribution >= 0.6 is 0 Å². The molecule has 5 heteroatoms. The molecule has 5 nitrogen and oxygen atoms in total. The summed E-state index contributed by atoms with van der Waals surface area (Å²) in [7, 11) is 3.67. The summed E-state index contributed by atoms with van der Waals surface area (Å²) in [6.07, 6.45) is 3.70. The SMILES string of the molecule is CC(C)[C@H](NC(=O)N(C)Cc1cnn(C)c1)c1ccccc1. The van der Waals surface area contributed by atoms with Crippen LogP contribution in [0.2, 0.25) is 0 Å². The molecule has 0 spiro atoms. The third kappa shape index (κ3) is 4.10. The molecule has 0 aliphatic carbocycles. The van der Waals surface area contributed by atoms with Crippen molar-refractivity contribution in [2.24, 2.45) is 13.0 Å². The summed E-state index contributed by atoms with van der Waals surface area (Å²) in [5.41, 5.74) is 2.14. The first-order chi connectivity index (χ1) is 10.5. The van der Waals surface area contributed by atoms with E-state index in [1.807, 2.05) is 43.6 Å². The van der Waals surface area contributed by atoms with E-state index in [0.29, 0.717) is 12.5 Å². The number of amides is 2. The van der Waals surface area contributed by atoms with Gasteiger partial charge in [0.05, 0.1) is 18.8 Å². The van der Waals surface area contributed by atoms with Crippen LogP contribution in [-0.2, 0) is 13.6 Å². The van der Waals surface area contributed by atoms with E-state index in [1.54, 1.807) is 22.8 Å². The molecule has 2 amide bonds. The number of urea groups is 1. The van der Waals surface area contributed by atoms with E-state index in [4.69, 9.17) is 0 Å². The molecule has 2 rings (SSSR count). The van der Waals surface area contributed by atoms with Crippen molar-refractivity contribution in [2.45, 2.75) is 26.4 Å². The fourth-order valence-electron chi connectivity index (χ4n) is 2.44. The molecule has 0 fully saturated rings. The fraction of sp³-hybridized carbons (Fsp3) is 0.412. The molecule has 0 aliphatic rings. The lowest BCUT2D eigenvalue weighted by molar-refractivity contribution is 0.199. The van der Waals surface area contributed by atoms with Gasteiger partial charge in [0.15, 0.2) is 0 Å². The number of nitrogens with zero attached hydrogens (tertiary/aromatic N) is 3. The van der Waals surface area contributed by atoms with Crippen molar-refractivity contribution in [3.63, 3.8) is 0 Å². The highest BCUT2D eigenvalue weighted by molar-refractivity contribution is 5.74. The Morgan fingerprint density at radius 1 is 1.32 bits per heavy atom. The van der Waals surface area contributed by atoms with Gasteiger partial charge in [-0.2, -0.15) is 5.10 Å². The molecule has 1 aromatic carbocycles. The minimum absolute atomic E-state index is 0.00467. The van der Waals surface area contributed by atoms with Crippen molar-refractivity contribution in [3.8, 4) is 0 Å². The summed E-state index contributed by atoms with van der Waals surface area (Å²) in [6.45, 7) is 4.76. The highest BCUT2D eigenvalue weighted by Gasteiger charge is 2.20. The molecule has 1 atom stereocenters. The molecule has 2 aromatic rings. The van der Waals surface area contributed by atoms with Crippen molar-refractivity contribution in [2.75, 3.05) is 7.05 Å². The van der Waals surface area contributed by atoms with Crippen LogP contribution in [-0.4, -0.2) is 27.8 Å². The molecule has 0 aliphatic heterocycles. The zero-order valence-corrected chi connectivity index (χ0v) is 13.7. The topological polar surface area (TPSA) is 50.2 Å². The van der Waals surface area contributed by atoms with Gasteiger partial charge < -0.3 is 10.2 Å². The quantitative estimate of drug-likeness (QED) is 0.923. The second kappa shape index (κ2) is 7.11. The first kappa shape index (κ1) is 16.1. The molecule has 1 heterocycles. The number of hydrogen-bond acceptors (Lipinski definition) is 2. The van der Waals surface area contributed by atoms with E-state index in [9.17, 15) is 4.79 Å². The second-order valence-corrected chi connectivity index (χ2v) is 5.96. The highest BCUT2D eigenvalue weighted by atomic mass is 16.2. The number of hydrogen-bond donors (Lipinski definition) is 1. The Morgan fingerprint density at radius 3 is 2.55 bits per heavy atom. The second-order valence-electron chi connectivity index (χ2n) is 5.96. The maximum Gasteiger partial charge on any atom is 0.317 e. The van der Waals surface area contributed by atoms with E-state index < -0.39 is 0 Å². The maximum atomic E-state index is 12.4. The molecule has 0 radical (unpaired) electrons. The molecule has 22 heavy (non-hydrogen) atoms. The summed E-state index contributed by atoms with van der Waals surface area (Å²) in [5.74, 6) is 0.318. The van der Waals surface area contributed by atoms with Gasteiger partial charge in [-0.25, -0.2) is 4.79 Å². The van der Waals surface area contributed by atoms with Gasteiger partial charge >= 0.3 is 6.03 Å². The maximum absolute atomic E-state index is 12.4. The number of benzene rings is 1. The van der Waals surface area contributed by atoms with Gasteiger partial charge in [-0.1, -0.05) is 44.2 Å². The van der Waals surface area contributed by atoms with Crippen LogP contribution in [0, 0.1) is 5.92 Å². The summed E-state index contributed by atoms with van der Waals surface area (Å²) in [5, 5.41) is 7.24. The van der Waals surface area contributed by atoms with Crippen LogP contribution < -0.4 is 5.32 Å². The summed E-state index contributed by atoms with van der Waals surface area (Å²) in [6, 6.07) is 10.00. The number of rotatable bonds is 5. The van der Waals surface area contributed by atoms with Crippen LogP contribution in [0.5, 0.6) is 0 Å².